The zero-order chi connectivity index (χ0) is 17.8. The Morgan fingerprint density at radius 2 is 2.12 bits per heavy atom. The number of rotatable bonds is 6. The Balaban J connectivity index is 1.65. The molecule has 0 aliphatic carbocycles. The van der Waals surface area contributed by atoms with Crippen molar-refractivity contribution in [3.63, 3.8) is 0 Å². The van der Waals surface area contributed by atoms with E-state index in [1.165, 1.54) is 36.2 Å². The van der Waals surface area contributed by atoms with Gasteiger partial charge in [0.15, 0.2) is 16.7 Å². The minimum Gasteiger partial charge on any atom is -0.461 e. The summed E-state index contributed by atoms with van der Waals surface area (Å²) in [7, 11) is 1.76. The first kappa shape index (κ1) is 16.7. The second-order valence-corrected chi connectivity index (χ2v) is 5.90. The number of carbonyl (C=O) groups excluding carboxylic acids is 1. The summed E-state index contributed by atoms with van der Waals surface area (Å²) < 4.78 is 6.99. The molecular formula is C15H13N5O4S. The molecule has 2 aromatic heterocycles. The van der Waals surface area contributed by atoms with Crippen LogP contribution in [0.4, 0.5) is 11.4 Å². The Labute approximate surface area is 146 Å². The van der Waals surface area contributed by atoms with Crippen LogP contribution in [0, 0.1) is 10.1 Å². The predicted octanol–water partition coefficient (Wildman–Crippen LogP) is 2.71. The lowest BCUT2D eigenvalue weighted by Gasteiger charge is -2.05. The second kappa shape index (κ2) is 7.18. The summed E-state index contributed by atoms with van der Waals surface area (Å²) in [6.07, 6.45) is 1.54. The molecule has 10 heteroatoms. The fourth-order valence-corrected chi connectivity index (χ4v) is 2.83. The van der Waals surface area contributed by atoms with Gasteiger partial charge in [-0.25, -0.2) is 0 Å². The van der Waals surface area contributed by atoms with Crippen LogP contribution in [0.2, 0.25) is 0 Å². The summed E-state index contributed by atoms with van der Waals surface area (Å²) in [5.74, 6) is 0.788. The van der Waals surface area contributed by atoms with Crippen molar-refractivity contribution >= 4 is 29.0 Å². The first-order chi connectivity index (χ1) is 12.1. The second-order valence-electron chi connectivity index (χ2n) is 4.95. The van der Waals surface area contributed by atoms with E-state index in [9.17, 15) is 14.9 Å². The van der Waals surface area contributed by atoms with Gasteiger partial charge in [0, 0.05) is 13.1 Å². The lowest BCUT2D eigenvalue weighted by Crippen LogP contribution is -2.15. The number of thioether (sulfide) groups is 1. The van der Waals surface area contributed by atoms with Crippen molar-refractivity contribution in [3.05, 3.63) is 52.8 Å². The van der Waals surface area contributed by atoms with Crippen LogP contribution < -0.4 is 5.32 Å². The zero-order valence-electron chi connectivity index (χ0n) is 13.1. The summed E-state index contributed by atoms with van der Waals surface area (Å²) in [6, 6.07) is 9.49. The summed E-state index contributed by atoms with van der Waals surface area (Å²) >= 11 is 1.17. The van der Waals surface area contributed by atoms with Gasteiger partial charge in [0.05, 0.1) is 16.9 Å². The number of anilines is 1. The first-order valence-corrected chi connectivity index (χ1v) is 8.14. The van der Waals surface area contributed by atoms with Gasteiger partial charge in [-0.15, -0.1) is 10.2 Å². The molecule has 0 spiro atoms. The number of carbonyl (C=O) groups is 1. The largest absolute Gasteiger partial charge is 0.461 e. The maximum atomic E-state index is 12.1. The van der Waals surface area contributed by atoms with E-state index in [-0.39, 0.29) is 23.0 Å². The van der Waals surface area contributed by atoms with Crippen molar-refractivity contribution in [3.8, 4) is 11.6 Å². The van der Waals surface area contributed by atoms with E-state index >= 15 is 0 Å². The number of nitrogens with one attached hydrogen (secondary N) is 1. The van der Waals surface area contributed by atoms with Gasteiger partial charge >= 0.3 is 0 Å². The molecule has 128 valence electrons. The van der Waals surface area contributed by atoms with Crippen LogP contribution in [-0.4, -0.2) is 31.3 Å². The first-order valence-electron chi connectivity index (χ1n) is 7.15. The number of nitrogens with zero attached hydrogens (tertiary/aromatic N) is 4. The summed E-state index contributed by atoms with van der Waals surface area (Å²) in [5.41, 5.74) is 0.00644. The summed E-state index contributed by atoms with van der Waals surface area (Å²) in [6.45, 7) is 0. The van der Waals surface area contributed by atoms with Crippen molar-refractivity contribution in [1.29, 1.82) is 0 Å². The normalized spacial score (nSPS) is 10.6. The Morgan fingerprint density at radius 1 is 1.32 bits per heavy atom. The van der Waals surface area contributed by atoms with Crippen LogP contribution >= 0.6 is 11.8 Å². The molecule has 0 unspecified atom stereocenters. The molecule has 0 bridgehead atoms. The van der Waals surface area contributed by atoms with Gasteiger partial charge in [-0.1, -0.05) is 23.9 Å². The van der Waals surface area contributed by atoms with Gasteiger partial charge in [0.2, 0.25) is 5.91 Å². The SMILES string of the molecule is Cn1c(SCC(=O)Nc2ccccc2[N+](=O)[O-])nnc1-c1ccco1. The van der Waals surface area contributed by atoms with Crippen molar-refractivity contribution in [1.82, 2.24) is 14.8 Å². The lowest BCUT2D eigenvalue weighted by atomic mass is 10.2. The topological polar surface area (TPSA) is 116 Å². The number of nitro groups is 1. The van der Waals surface area contributed by atoms with E-state index in [0.29, 0.717) is 16.7 Å². The standard InChI is InChI=1S/C15H13N5O4S/c1-19-14(12-7-4-8-24-12)17-18-15(19)25-9-13(21)16-10-5-2-3-6-11(10)20(22)23/h2-8H,9H2,1H3,(H,16,21). The van der Waals surface area contributed by atoms with Gasteiger partial charge in [0.25, 0.3) is 5.69 Å². The molecule has 3 aromatic rings. The van der Waals surface area contributed by atoms with Gasteiger partial charge in [-0.05, 0) is 18.2 Å². The molecule has 0 saturated carbocycles. The zero-order valence-corrected chi connectivity index (χ0v) is 13.9. The van der Waals surface area contributed by atoms with Crippen LogP contribution in [0.15, 0.2) is 52.2 Å². The molecule has 1 amide bonds. The van der Waals surface area contributed by atoms with E-state index in [2.05, 4.69) is 15.5 Å². The van der Waals surface area contributed by atoms with E-state index in [1.54, 1.807) is 29.8 Å². The van der Waals surface area contributed by atoms with Crippen LogP contribution in [-0.2, 0) is 11.8 Å². The number of nitro benzene ring substituents is 1. The third-order valence-electron chi connectivity index (χ3n) is 3.28. The smallest absolute Gasteiger partial charge is 0.292 e. The molecule has 0 atom stereocenters. The van der Waals surface area contributed by atoms with Gasteiger partial charge in [0.1, 0.15) is 5.69 Å². The average Bonchev–Trinajstić information content (AvgIpc) is 3.23. The number of benzene rings is 1. The highest BCUT2D eigenvalue weighted by atomic mass is 32.2. The summed E-state index contributed by atoms with van der Waals surface area (Å²) in [4.78, 5) is 22.5. The number of aromatic nitrogens is 3. The fraction of sp³-hybridized carbons (Fsp3) is 0.133. The van der Waals surface area contributed by atoms with Crippen molar-refractivity contribution in [2.24, 2.45) is 7.05 Å². The van der Waals surface area contributed by atoms with Crippen LogP contribution in [0.5, 0.6) is 0 Å². The number of hydrogen-bond acceptors (Lipinski definition) is 7. The highest BCUT2D eigenvalue weighted by molar-refractivity contribution is 7.99. The molecule has 25 heavy (non-hydrogen) atoms. The Hall–Kier alpha value is -3.14. The maximum Gasteiger partial charge on any atom is 0.292 e. The Kier molecular flexibility index (Phi) is 4.80. The number of furan rings is 1. The third-order valence-corrected chi connectivity index (χ3v) is 4.30. The minimum absolute atomic E-state index is 0.0379. The molecule has 9 nitrogen and oxygen atoms in total. The number of hydrogen-bond donors (Lipinski definition) is 1. The van der Waals surface area contributed by atoms with Crippen molar-refractivity contribution in [2.45, 2.75) is 5.16 Å². The van der Waals surface area contributed by atoms with Gasteiger partial charge < -0.3 is 14.3 Å². The van der Waals surface area contributed by atoms with Gasteiger partial charge in [-0.3, -0.25) is 14.9 Å². The molecule has 1 aromatic carbocycles. The highest BCUT2D eigenvalue weighted by Crippen LogP contribution is 2.25. The van der Waals surface area contributed by atoms with Crippen LogP contribution in [0.25, 0.3) is 11.6 Å². The van der Waals surface area contributed by atoms with E-state index in [1.807, 2.05) is 0 Å². The fourth-order valence-electron chi connectivity index (χ4n) is 2.12. The molecular weight excluding hydrogens is 346 g/mol. The third kappa shape index (κ3) is 3.69. The Morgan fingerprint density at radius 3 is 2.84 bits per heavy atom. The molecule has 0 saturated heterocycles. The molecule has 1 N–H and O–H groups in total. The lowest BCUT2D eigenvalue weighted by molar-refractivity contribution is -0.383. The van der Waals surface area contributed by atoms with E-state index in [4.69, 9.17) is 4.42 Å². The van der Waals surface area contributed by atoms with E-state index < -0.39 is 4.92 Å². The van der Waals surface area contributed by atoms with Gasteiger partial charge in [-0.2, -0.15) is 0 Å². The summed E-state index contributed by atoms with van der Waals surface area (Å²) in [5, 5.41) is 22.1. The molecule has 0 radical (unpaired) electrons. The molecule has 0 aliphatic rings. The average molecular weight is 359 g/mol. The monoisotopic (exact) mass is 359 g/mol. The number of para-hydroxylation sites is 2. The van der Waals surface area contributed by atoms with Crippen molar-refractivity contribution < 1.29 is 14.1 Å². The quantitative estimate of drug-likeness (QED) is 0.408. The van der Waals surface area contributed by atoms with Crippen LogP contribution in [0.1, 0.15) is 0 Å². The molecule has 2 heterocycles. The van der Waals surface area contributed by atoms with Crippen molar-refractivity contribution in [2.75, 3.05) is 11.1 Å². The molecule has 0 fully saturated rings. The minimum atomic E-state index is -0.541. The predicted molar refractivity (Wildman–Crippen MR) is 91.2 cm³/mol. The Bertz CT molecular complexity index is 907. The number of amides is 1. The van der Waals surface area contributed by atoms with Crippen LogP contribution in [0.3, 0.4) is 0 Å². The highest BCUT2D eigenvalue weighted by Gasteiger charge is 2.17. The molecule has 3 rings (SSSR count). The van der Waals surface area contributed by atoms with E-state index in [0.717, 1.165) is 0 Å². The maximum absolute atomic E-state index is 12.1. The molecule has 0 aliphatic heterocycles.